The van der Waals surface area contributed by atoms with E-state index in [1.165, 1.54) is 21.9 Å². The van der Waals surface area contributed by atoms with Crippen LogP contribution in [0.4, 0.5) is 5.13 Å². The molecular weight excluding hydrogens is 378 g/mol. The van der Waals surface area contributed by atoms with Crippen molar-refractivity contribution in [3.05, 3.63) is 34.8 Å². The van der Waals surface area contributed by atoms with Gasteiger partial charge in [0.1, 0.15) is 6.61 Å². The summed E-state index contributed by atoms with van der Waals surface area (Å²) in [5.41, 5.74) is 0.830. The number of ether oxygens (including phenoxy) is 2. The predicted octanol–water partition coefficient (Wildman–Crippen LogP) is 1.24. The Labute approximate surface area is 154 Å². The summed E-state index contributed by atoms with van der Waals surface area (Å²) in [6.07, 6.45) is 0.962. The van der Waals surface area contributed by atoms with Crippen LogP contribution in [0.2, 0.25) is 0 Å². The lowest BCUT2D eigenvalue weighted by atomic mass is 10.2. The lowest BCUT2D eigenvalue weighted by Crippen LogP contribution is -2.40. The molecule has 1 unspecified atom stereocenters. The van der Waals surface area contributed by atoms with Crippen LogP contribution in [-0.2, 0) is 27.8 Å². The Morgan fingerprint density at radius 1 is 1.35 bits per heavy atom. The number of hydrogen-bond acceptors (Lipinski definition) is 7. The molecule has 1 aromatic heterocycles. The predicted molar refractivity (Wildman–Crippen MR) is 96.1 cm³/mol. The number of anilines is 1. The Kier molecular flexibility index (Phi) is 4.33. The fourth-order valence-corrected chi connectivity index (χ4v) is 4.74. The molecule has 2 aromatic rings. The maximum atomic E-state index is 12.5. The molecule has 3 heterocycles. The number of thiazole rings is 1. The second kappa shape index (κ2) is 6.53. The van der Waals surface area contributed by atoms with E-state index in [0.29, 0.717) is 29.6 Å². The topological polar surface area (TPSA) is 97.8 Å². The maximum Gasteiger partial charge on any atom is 0.270 e. The van der Waals surface area contributed by atoms with Gasteiger partial charge in [0.2, 0.25) is 16.1 Å². The lowest BCUT2D eigenvalue weighted by molar-refractivity contribution is -0.125. The van der Waals surface area contributed by atoms with Gasteiger partial charge < -0.3 is 9.47 Å². The molecule has 1 N–H and O–H groups in total. The molecule has 10 heteroatoms. The zero-order valence-corrected chi connectivity index (χ0v) is 15.6. The van der Waals surface area contributed by atoms with Crippen molar-refractivity contribution in [2.24, 2.45) is 0 Å². The van der Waals surface area contributed by atoms with E-state index in [1.54, 1.807) is 12.1 Å². The minimum Gasteiger partial charge on any atom is -0.485 e. The molecule has 0 spiro atoms. The summed E-state index contributed by atoms with van der Waals surface area (Å²) in [5, 5.41) is 3.19. The van der Waals surface area contributed by atoms with E-state index in [0.717, 1.165) is 10.6 Å². The minimum absolute atomic E-state index is 0.121. The first-order valence-corrected chi connectivity index (χ1v) is 10.7. The van der Waals surface area contributed by atoms with Crippen LogP contribution in [0, 0.1) is 0 Å². The molecule has 0 saturated heterocycles. The van der Waals surface area contributed by atoms with Crippen molar-refractivity contribution in [1.29, 1.82) is 0 Å². The van der Waals surface area contributed by atoms with Crippen LogP contribution in [-0.4, -0.2) is 49.1 Å². The third kappa shape index (κ3) is 3.39. The van der Waals surface area contributed by atoms with Crippen molar-refractivity contribution in [3.63, 3.8) is 0 Å². The summed E-state index contributed by atoms with van der Waals surface area (Å²) in [6, 6.07) is 7.18. The largest absolute Gasteiger partial charge is 0.485 e. The fraction of sp³-hybridized carbons (Fsp3) is 0.375. The summed E-state index contributed by atoms with van der Waals surface area (Å²) < 4.78 is 36.0. The van der Waals surface area contributed by atoms with Gasteiger partial charge in [0.25, 0.3) is 5.91 Å². The van der Waals surface area contributed by atoms with Gasteiger partial charge in [-0.2, -0.15) is 4.31 Å². The molecule has 0 bridgehead atoms. The molecular formula is C16H17N3O5S2. The summed E-state index contributed by atoms with van der Waals surface area (Å²) in [7, 11) is -3.24. The van der Waals surface area contributed by atoms with Gasteiger partial charge in [-0.15, -0.1) is 11.3 Å². The van der Waals surface area contributed by atoms with Crippen molar-refractivity contribution in [2.45, 2.75) is 19.1 Å². The Hall–Kier alpha value is -2.17. The summed E-state index contributed by atoms with van der Waals surface area (Å²) in [4.78, 5) is 17.7. The van der Waals surface area contributed by atoms with Crippen LogP contribution in [0.3, 0.4) is 0 Å². The van der Waals surface area contributed by atoms with Crippen LogP contribution < -0.4 is 14.8 Å². The molecule has 138 valence electrons. The van der Waals surface area contributed by atoms with Gasteiger partial charge in [0.15, 0.2) is 16.6 Å². The SMILES string of the molecule is CS(=O)(=O)N1CCc2nc(NC(=O)C3COc4ccccc4O3)sc2C1. The number of fused-ring (bicyclic) bond motifs is 2. The molecule has 2 aliphatic rings. The zero-order chi connectivity index (χ0) is 18.3. The first-order valence-electron chi connectivity index (χ1n) is 8.03. The highest BCUT2D eigenvalue weighted by Gasteiger charge is 2.30. The molecule has 0 aliphatic carbocycles. The maximum absolute atomic E-state index is 12.5. The van der Waals surface area contributed by atoms with Gasteiger partial charge in [-0.1, -0.05) is 12.1 Å². The number of para-hydroxylation sites is 2. The number of benzene rings is 1. The van der Waals surface area contributed by atoms with Crippen molar-refractivity contribution >= 4 is 32.4 Å². The number of sulfonamides is 1. The summed E-state index contributed by atoms with van der Waals surface area (Å²) >= 11 is 1.29. The quantitative estimate of drug-likeness (QED) is 0.840. The first-order chi connectivity index (χ1) is 12.4. The number of nitrogens with one attached hydrogen (secondary N) is 1. The molecule has 0 radical (unpaired) electrons. The number of aromatic nitrogens is 1. The van der Waals surface area contributed by atoms with Gasteiger partial charge in [0.05, 0.1) is 11.9 Å². The average molecular weight is 395 g/mol. The molecule has 0 saturated carbocycles. The second-order valence-corrected chi connectivity index (χ2v) is 9.15. The third-order valence-corrected chi connectivity index (χ3v) is 6.44. The van der Waals surface area contributed by atoms with E-state index in [1.807, 2.05) is 12.1 Å². The van der Waals surface area contributed by atoms with E-state index < -0.39 is 16.1 Å². The van der Waals surface area contributed by atoms with Crippen molar-refractivity contribution < 1.29 is 22.7 Å². The Balaban J connectivity index is 1.44. The first kappa shape index (κ1) is 17.3. The molecule has 0 fully saturated rings. The standard InChI is InChI=1S/C16H17N3O5S2/c1-26(21,22)19-7-6-10-14(8-19)25-16(17-10)18-15(20)13-9-23-11-4-2-3-5-12(11)24-13/h2-5,13H,6-9H2,1H3,(H,17,18,20). The number of carbonyl (C=O) groups excluding carboxylic acids is 1. The number of rotatable bonds is 3. The highest BCUT2D eigenvalue weighted by Crippen LogP contribution is 2.32. The number of nitrogens with zero attached hydrogens (tertiary/aromatic N) is 2. The fourth-order valence-electron chi connectivity index (χ4n) is 2.84. The molecule has 4 rings (SSSR count). The van der Waals surface area contributed by atoms with E-state index in [9.17, 15) is 13.2 Å². The van der Waals surface area contributed by atoms with Crippen molar-refractivity contribution in [2.75, 3.05) is 24.7 Å². The smallest absolute Gasteiger partial charge is 0.270 e. The molecule has 2 aliphatic heterocycles. The van der Waals surface area contributed by atoms with E-state index >= 15 is 0 Å². The third-order valence-electron chi connectivity index (χ3n) is 4.20. The van der Waals surface area contributed by atoms with Gasteiger partial charge in [-0.05, 0) is 12.1 Å². The lowest BCUT2D eigenvalue weighted by Gasteiger charge is -2.25. The second-order valence-electron chi connectivity index (χ2n) is 6.09. The zero-order valence-electron chi connectivity index (χ0n) is 14.0. The molecule has 1 amide bonds. The van der Waals surface area contributed by atoms with Crippen LogP contribution >= 0.6 is 11.3 Å². The number of amides is 1. The van der Waals surface area contributed by atoms with Crippen LogP contribution in [0.5, 0.6) is 11.5 Å². The van der Waals surface area contributed by atoms with Crippen LogP contribution in [0.15, 0.2) is 24.3 Å². The van der Waals surface area contributed by atoms with E-state index in [4.69, 9.17) is 9.47 Å². The highest BCUT2D eigenvalue weighted by molar-refractivity contribution is 7.88. The van der Waals surface area contributed by atoms with E-state index in [2.05, 4.69) is 10.3 Å². The Bertz CT molecular complexity index is 957. The summed E-state index contributed by atoms with van der Waals surface area (Å²) in [6.45, 7) is 0.813. The van der Waals surface area contributed by atoms with Gasteiger partial charge in [-0.25, -0.2) is 13.4 Å². The molecule has 26 heavy (non-hydrogen) atoms. The molecule has 1 atom stereocenters. The molecule has 8 nitrogen and oxygen atoms in total. The Morgan fingerprint density at radius 2 is 2.12 bits per heavy atom. The number of carbonyl (C=O) groups is 1. The monoisotopic (exact) mass is 395 g/mol. The van der Waals surface area contributed by atoms with Crippen molar-refractivity contribution in [1.82, 2.24) is 9.29 Å². The minimum atomic E-state index is -3.24. The van der Waals surface area contributed by atoms with Crippen LogP contribution in [0.25, 0.3) is 0 Å². The van der Waals surface area contributed by atoms with E-state index in [-0.39, 0.29) is 19.1 Å². The average Bonchev–Trinajstić information content (AvgIpc) is 3.01. The van der Waals surface area contributed by atoms with Crippen LogP contribution in [0.1, 0.15) is 10.6 Å². The normalized spacial score (nSPS) is 19.7. The summed E-state index contributed by atoms with van der Waals surface area (Å²) in [5.74, 6) is 0.800. The van der Waals surface area contributed by atoms with Crippen molar-refractivity contribution in [3.8, 4) is 11.5 Å². The van der Waals surface area contributed by atoms with Gasteiger partial charge in [0, 0.05) is 24.4 Å². The number of hydrogen-bond donors (Lipinski definition) is 1. The molecule has 1 aromatic carbocycles. The highest BCUT2D eigenvalue weighted by atomic mass is 32.2. The van der Waals surface area contributed by atoms with Gasteiger partial charge in [-0.3, -0.25) is 10.1 Å². The van der Waals surface area contributed by atoms with Gasteiger partial charge >= 0.3 is 0 Å². The Morgan fingerprint density at radius 3 is 2.88 bits per heavy atom.